The molecule has 26 heavy (non-hydrogen) atoms. The van der Waals surface area contributed by atoms with E-state index in [1.54, 1.807) is 0 Å². The molecule has 130 valence electrons. The van der Waals surface area contributed by atoms with Crippen LogP contribution in [0.3, 0.4) is 0 Å². The van der Waals surface area contributed by atoms with E-state index in [-0.39, 0.29) is 0 Å². The molecule has 4 heteroatoms. The van der Waals surface area contributed by atoms with Gasteiger partial charge in [0.05, 0.1) is 17.5 Å². The minimum absolute atomic E-state index is 0.674. The largest absolute Gasteiger partial charge is 0.272 e. The third-order valence-corrected chi connectivity index (χ3v) is 5.39. The molecule has 0 atom stereocenters. The number of benzene rings is 1. The number of aromatic nitrogens is 3. The van der Waals surface area contributed by atoms with Crippen molar-refractivity contribution >= 4 is 0 Å². The van der Waals surface area contributed by atoms with Gasteiger partial charge in [0, 0.05) is 29.6 Å². The summed E-state index contributed by atoms with van der Waals surface area (Å²) >= 11 is 0. The highest BCUT2D eigenvalue weighted by molar-refractivity contribution is 5.83. The first kappa shape index (κ1) is 16.5. The van der Waals surface area contributed by atoms with Crippen molar-refractivity contribution in [3.8, 4) is 28.5 Å². The number of hydrogen-bond donors (Lipinski definition) is 0. The van der Waals surface area contributed by atoms with Gasteiger partial charge in [-0.1, -0.05) is 36.8 Å². The third kappa shape index (κ3) is 2.70. The zero-order chi connectivity index (χ0) is 18.1. The van der Waals surface area contributed by atoms with Gasteiger partial charge < -0.3 is 0 Å². The highest BCUT2D eigenvalue weighted by atomic mass is 15.3. The van der Waals surface area contributed by atoms with Gasteiger partial charge in [-0.3, -0.25) is 9.67 Å². The second kappa shape index (κ2) is 6.76. The topological polar surface area (TPSA) is 54.5 Å². The second-order valence-electron chi connectivity index (χ2n) is 6.94. The van der Waals surface area contributed by atoms with E-state index < -0.39 is 0 Å². The number of hydrogen-bond acceptors (Lipinski definition) is 3. The lowest BCUT2D eigenvalue weighted by Gasteiger charge is -2.17. The minimum Gasteiger partial charge on any atom is -0.272 e. The minimum atomic E-state index is 0.674. The van der Waals surface area contributed by atoms with Crippen LogP contribution in [-0.2, 0) is 19.9 Å². The van der Waals surface area contributed by atoms with Gasteiger partial charge in [0.2, 0.25) is 0 Å². The maximum Gasteiger partial charge on any atom is 0.102 e. The van der Waals surface area contributed by atoms with E-state index in [1.807, 2.05) is 43.0 Å². The summed E-state index contributed by atoms with van der Waals surface area (Å²) in [4.78, 5) is 5.00. The maximum atomic E-state index is 10.1. The van der Waals surface area contributed by atoms with Gasteiger partial charge in [-0.2, -0.15) is 10.4 Å². The lowest BCUT2D eigenvalue weighted by molar-refractivity contribution is 0.709. The van der Waals surface area contributed by atoms with Gasteiger partial charge in [0.1, 0.15) is 6.07 Å². The molecule has 2 heterocycles. The number of nitriles is 1. The number of fused-ring (bicyclic) bond motifs is 1. The zero-order valence-corrected chi connectivity index (χ0v) is 15.3. The van der Waals surface area contributed by atoms with Crippen LogP contribution in [0.1, 0.15) is 41.8 Å². The van der Waals surface area contributed by atoms with Crippen LogP contribution in [0.25, 0.3) is 22.4 Å². The highest BCUT2D eigenvalue weighted by Gasteiger charge is 2.24. The second-order valence-corrected chi connectivity index (χ2v) is 6.94. The van der Waals surface area contributed by atoms with E-state index in [9.17, 15) is 5.26 Å². The molecule has 1 aliphatic carbocycles. The van der Waals surface area contributed by atoms with E-state index in [0.717, 1.165) is 59.5 Å². The molecule has 0 aliphatic heterocycles. The fourth-order valence-electron chi connectivity index (χ4n) is 3.88. The summed E-state index contributed by atoms with van der Waals surface area (Å²) in [5.74, 6) is 0. The number of nitrogens with zero attached hydrogens (tertiary/aromatic N) is 4. The van der Waals surface area contributed by atoms with Crippen LogP contribution >= 0.6 is 0 Å². The summed E-state index contributed by atoms with van der Waals surface area (Å²) in [6.45, 7) is 2.03. The van der Waals surface area contributed by atoms with Crippen molar-refractivity contribution in [1.82, 2.24) is 14.8 Å². The van der Waals surface area contributed by atoms with Crippen LogP contribution in [0.15, 0.2) is 36.5 Å². The number of aryl methyl sites for hydroxylation is 2. The monoisotopic (exact) mass is 342 g/mol. The molecule has 3 aromatic rings. The van der Waals surface area contributed by atoms with Crippen LogP contribution in [0.4, 0.5) is 0 Å². The average molecular weight is 342 g/mol. The molecule has 4 rings (SSSR count). The molecule has 0 saturated heterocycles. The molecule has 0 spiro atoms. The maximum absolute atomic E-state index is 10.1. The molecule has 0 fully saturated rings. The Hall–Kier alpha value is -2.93. The van der Waals surface area contributed by atoms with Crippen molar-refractivity contribution in [3.05, 3.63) is 59.0 Å². The average Bonchev–Trinajstić information content (AvgIpc) is 2.87. The van der Waals surface area contributed by atoms with Gasteiger partial charge >= 0.3 is 0 Å². The van der Waals surface area contributed by atoms with Gasteiger partial charge in [-0.05, 0) is 43.7 Å². The van der Waals surface area contributed by atoms with E-state index in [4.69, 9.17) is 4.98 Å². The van der Waals surface area contributed by atoms with E-state index in [0.29, 0.717) is 5.56 Å². The molecule has 1 aliphatic rings. The normalized spacial score (nSPS) is 13.7. The van der Waals surface area contributed by atoms with Crippen molar-refractivity contribution in [1.29, 1.82) is 5.26 Å². The fourth-order valence-corrected chi connectivity index (χ4v) is 3.88. The lowest BCUT2D eigenvalue weighted by Crippen LogP contribution is -2.05. The summed E-state index contributed by atoms with van der Waals surface area (Å²) in [6, 6.07) is 12.8. The Kier molecular flexibility index (Phi) is 4.30. The molecule has 0 radical (unpaired) electrons. The molecule has 0 unspecified atom stereocenters. The van der Waals surface area contributed by atoms with Crippen LogP contribution in [-0.4, -0.2) is 14.8 Å². The van der Waals surface area contributed by atoms with E-state index in [2.05, 4.69) is 23.3 Å². The predicted octanol–water partition coefficient (Wildman–Crippen LogP) is 4.60. The molecular weight excluding hydrogens is 320 g/mol. The molecule has 0 N–H and O–H groups in total. The molecule has 0 saturated carbocycles. The standard InChI is InChI=1S/C22H22N4/c1-15-19(14-24-26(15)2)22-18(13-23)21(16-9-5-3-6-10-16)17-11-7-4-8-12-20(17)25-22/h3,5-6,9-10,14H,4,7-8,11-12H2,1-2H3. The van der Waals surface area contributed by atoms with Gasteiger partial charge in [0.25, 0.3) is 0 Å². The number of pyridine rings is 1. The van der Waals surface area contributed by atoms with Crippen molar-refractivity contribution in [2.45, 2.75) is 39.0 Å². The SMILES string of the molecule is Cc1c(-c2nc3c(c(-c4ccccc4)c2C#N)CCCCC3)cnn1C. The van der Waals surface area contributed by atoms with E-state index >= 15 is 0 Å². The Labute approximate surface area is 154 Å². The third-order valence-electron chi connectivity index (χ3n) is 5.39. The Morgan fingerprint density at radius 2 is 1.85 bits per heavy atom. The highest BCUT2D eigenvalue weighted by Crippen LogP contribution is 2.38. The molecule has 0 amide bonds. The first-order valence-corrected chi connectivity index (χ1v) is 9.21. The Morgan fingerprint density at radius 1 is 1.08 bits per heavy atom. The van der Waals surface area contributed by atoms with Crippen LogP contribution in [0.2, 0.25) is 0 Å². The summed E-state index contributed by atoms with van der Waals surface area (Å²) < 4.78 is 1.84. The fraction of sp³-hybridized carbons (Fsp3) is 0.318. The van der Waals surface area contributed by atoms with Crippen molar-refractivity contribution in [2.24, 2.45) is 7.05 Å². The van der Waals surface area contributed by atoms with Crippen LogP contribution in [0.5, 0.6) is 0 Å². The van der Waals surface area contributed by atoms with Gasteiger partial charge in [-0.25, -0.2) is 0 Å². The molecule has 0 bridgehead atoms. The van der Waals surface area contributed by atoms with Gasteiger partial charge in [0.15, 0.2) is 0 Å². The number of rotatable bonds is 2. The molecule has 2 aromatic heterocycles. The summed E-state index contributed by atoms with van der Waals surface area (Å²) in [5, 5.41) is 14.4. The van der Waals surface area contributed by atoms with Crippen LogP contribution < -0.4 is 0 Å². The van der Waals surface area contributed by atoms with Gasteiger partial charge in [-0.15, -0.1) is 0 Å². The van der Waals surface area contributed by atoms with Crippen molar-refractivity contribution in [2.75, 3.05) is 0 Å². The summed E-state index contributed by atoms with van der Waals surface area (Å²) in [5.41, 5.74) is 8.01. The Balaban J connectivity index is 2.07. The van der Waals surface area contributed by atoms with Crippen molar-refractivity contribution in [3.63, 3.8) is 0 Å². The summed E-state index contributed by atoms with van der Waals surface area (Å²) in [7, 11) is 1.92. The first-order chi connectivity index (χ1) is 12.7. The van der Waals surface area contributed by atoms with E-state index in [1.165, 1.54) is 12.0 Å². The lowest BCUT2D eigenvalue weighted by atomic mass is 9.89. The summed E-state index contributed by atoms with van der Waals surface area (Å²) in [6.07, 6.45) is 7.33. The smallest absolute Gasteiger partial charge is 0.102 e. The van der Waals surface area contributed by atoms with Crippen molar-refractivity contribution < 1.29 is 0 Å². The Bertz CT molecular complexity index is 993. The quantitative estimate of drug-likeness (QED) is 0.640. The molecule has 1 aromatic carbocycles. The molecule has 4 nitrogen and oxygen atoms in total. The molecular formula is C22H22N4. The Morgan fingerprint density at radius 3 is 2.54 bits per heavy atom. The first-order valence-electron chi connectivity index (χ1n) is 9.21. The zero-order valence-electron chi connectivity index (χ0n) is 15.3. The van der Waals surface area contributed by atoms with Crippen LogP contribution in [0, 0.1) is 18.3 Å². The predicted molar refractivity (Wildman–Crippen MR) is 103 cm³/mol.